The first-order chi connectivity index (χ1) is 27.3. The molecule has 0 unspecified atom stereocenters. The molecule has 0 aliphatic rings. The number of nitrogens with one attached hydrogen (secondary N) is 6. The Hall–Kier alpha value is -4.73. The molecule has 0 radical (unpaired) electrons. The minimum Gasteiger partial charge on any atom is -0.467 e. The van der Waals surface area contributed by atoms with Crippen LogP contribution in [0.5, 0.6) is 0 Å². The lowest BCUT2D eigenvalue weighted by Crippen LogP contribution is -2.58. The van der Waals surface area contributed by atoms with E-state index in [9.17, 15) is 38.7 Å². The number of benzene rings is 1. The second-order valence-corrected chi connectivity index (χ2v) is 17.8. The maximum atomic E-state index is 13.8. The number of hydrogen-bond acceptors (Lipinski definition) is 10. The molecule has 0 heterocycles. The van der Waals surface area contributed by atoms with Gasteiger partial charge in [-0.2, -0.15) is 0 Å². The Bertz CT molecular complexity index is 1530. The lowest BCUT2D eigenvalue weighted by molar-refractivity contribution is -0.146. The molecule has 1 aromatic carbocycles. The molecule has 1 rings (SSSR count). The number of alkyl carbamates (subject to hydrolysis) is 1. The normalized spacial score (nSPS) is 15.2. The SMILES string of the molecule is COC(=O)[C@H](CC(C)C)NC(=O)[C@@H](NC(=O)C[C@H](O)[C@H](CC(C)C)NC(=O)[C@H](CC(C)C)NC(=O)[C@H](C)NC(=O)[C@H](Cc1ccccc1)NC(=O)OC(C)(C)C)C(C)C. The van der Waals surface area contributed by atoms with Gasteiger partial charge in [-0.15, -0.1) is 0 Å². The van der Waals surface area contributed by atoms with Gasteiger partial charge in [0.1, 0.15) is 35.8 Å². The number of aliphatic hydroxyl groups is 1. The molecule has 59 heavy (non-hydrogen) atoms. The fourth-order valence-corrected chi connectivity index (χ4v) is 6.18. The van der Waals surface area contributed by atoms with E-state index in [-0.39, 0.29) is 42.9 Å². The minimum absolute atomic E-state index is 0.0186. The monoisotopic (exact) mass is 833 g/mol. The van der Waals surface area contributed by atoms with E-state index < -0.39 is 96.0 Å². The summed E-state index contributed by atoms with van der Waals surface area (Å²) in [7, 11) is 1.23. The average Bonchev–Trinajstić information content (AvgIpc) is 3.11. The minimum atomic E-state index is -1.37. The number of carbonyl (C=O) groups is 7. The van der Waals surface area contributed by atoms with Gasteiger partial charge < -0.3 is 46.5 Å². The van der Waals surface area contributed by atoms with E-state index in [1.54, 1.807) is 58.9 Å². The lowest BCUT2D eigenvalue weighted by Gasteiger charge is -2.30. The van der Waals surface area contributed by atoms with Crippen molar-refractivity contribution >= 4 is 41.6 Å². The Labute approximate surface area is 350 Å². The summed E-state index contributed by atoms with van der Waals surface area (Å²) in [6, 6.07) is 2.92. The molecule has 0 aliphatic carbocycles. The van der Waals surface area contributed by atoms with Crippen LogP contribution < -0.4 is 31.9 Å². The highest BCUT2D eigenvalue weighted by atomic mass is 16.6. The zero-order chi connectivity index (χ0) is 45.2. The molecule has 0 fully saturated rings. The van der Waals surface area contributed by atoms with Crippen molar-refractivity contribution in [1.82, 2.24) is 31.9 Å². The van der Waals surface area contributed by atoms with Crippen LogP contribution in [0.25, 0.3) is 0 Å². The van der Waals surface area contributed by atoms with Crippen molar-refractivity contribution in [1.29, 1.82) is 0 Å². The van der Waals surface area contributed by atoms with E-state index in [4.69, 9.17) is 9.47 Å². The van der Waals surface area contributed by atoms with Gasteiger partial charge in [0.2, 0.25) is 29.5 Å². The third kappa shape index (κ3) is 20.7. The summed E-state index contributed by atoms with van der Waals surface area (Å²) in [6.07, 6.45) is -1.66. The first-order valence-electron chi connectivity index (χ1n) is 20.6. The number of rotatable bonds is 23. The van der Waals surface area contributed by atoms with Crippen molar-refractivity contribution in [2.45, 2.75) is 163 Å². The smallest absolute Gasteiger partial charge is 0.408 e. The van der Waals surface area contributed by atoms with Gasteiger partial charge in [-0.3, -0.25) is 24.0 Å². The van der Waals surface area contributed by atoms with Crippen LogP contribution >= 0.6 is 0 Å². The topological polar surface area (TPSA) is 230 Å². The summed E-state index contributed by atoms with van der Waals surface area (Å²) in [4.78, 5) is 92.4. The van der Waals surface area contributed by atoms with E-state index in [2.05, 4.69) is 31.9 Å². The van der Waals surface area contributed by atoms with E-state index >= 15 is 0 Å². The molecule has 0 aromatic heterocycles. The van der Waals surface area contributed by atoms with Crippen LogP contribution in [-0.4, -0.2) is 102 Å². The van der Waals surface area contributed by atoms with E-state index in [0.717, 1.165) is 5.56 Å². The second kappa shape index (κ2) is 25.0. The molecule has 0 bridgehead atoms. The average molecular weight is 833 g/mol. The van der Waals surface area contributed by atoms with Crippen molar-refractivity contribution in [2.75, 3.05) is 7.11 Å². The van der Waals surface area contributed by atoms with Gasteiger partial charge in [0, 0.05) is 6.42 Å². The Morgan fingerprint density at radius 3 is 1.66 bits per heavy atom. The molecule has 334 valence electrons. The van der Waals surface area contributed by atoms with E-state index in [1.807, 2.05) is 47.6 Å². The third-order valence-electron chi connectivity index (χ3n) is 9.07. The molecule has 1 aromatic rings. The van der Waals surface area contributed by atoms with Gasteiger partial charge in [0.05, 0.1) is 25.7 Å². The summed E-state index contributed by atoms with van der Waals surface area (Å²) in [5.74, 6) is -4.08. The van der Waals surface area contributed by atoms with Crippen molar-refractivity contribution in [3.8, 4) is 0 Å². The Morgan fingerprint density at radius 2 is 1.15 bits per heavy atom. The van der Waals surface area contributed by atoms with Crippen molar-refractivity contribution in [3.63, 3.8) is 0 Å². The van der Waals surface area contributed by atoms with Gasteiger partial charge in [-0.25, -0.2) is 9.59 Å². The molecular formula is C43H72N6O10. The van der Waals surface area contributed by atoms with Gasteiger partial charge in [-0.1, -0.05) is 85.7 Å². The van der Waals surface area contributed by atoms with Crippen LogP contribution in [0.1, 0.15) is 114 Å². The van der Waals surface area contributed by atoms with Crippen LogP contribution in [0.15, 0.2) is 30.3 Å². The summed E-state index contributed by atoms with van der Waals surface area (Å²) in [5, 5.41) is 27.5. The highest BCUT2D eigenvalue weighted by Crippen LogP contribution is 2.15. The fraction of sp³-hybridized carbons (Fsp3) is 0.698. The molecule has 0 aliphatic heterocycles. The number of ether oxygens (including phenoxy) is 2. The van der Waals surface area contributed by atoms with Crippen LogP contribution in [0.2, 0.25) is 0 Å². The second-order valence-electron chi connectivity index (χ2n) is 17.8. The third-order valence-corrected chi connectivity index (χ3v) is 9.07. The van der Waals surface area contributed by atoms with E-state index in [1.165, 1.54) is 14.0 Å². The molecule has 0 spiro atoms. The number of hydrogen-bond donors (Lipinski definition) is 7. The first-order valence-corrected chi connectivity index (χ1v) is 20.6. The molecular weight excluding hydrogens is 761 g/mol. The number of carbonyl (C=O) groups excluding carboxylic acids is 7. The predicted molar refractivity (Wildman–Crippen MR) is 224 cm³/mol. The molecule has 16 nitrogen and oxygen atoms in total. The maximum absolute atomic E-state index is 13.8. The zero-order valence-corrected chi connectivity index (χ0v) is 37.4. The number of amides is 6. The van der Waals surface area contributed by atoms with Crippen molar-refractivity contribution < 1.29 is 48.1 Å². The standard InChI is InChI=1S/C43H72N6O10/c1-24(2)19-30(34(50)23-35(51)49-36(27(7)8)40(55)47-33(21-26(5)6)41(56)58-13)45-39(54)31(20-25(3)4)46-37(52)28(9)44-38(53)32(22-29-17-15-14-16-18-29)48-42(57)59-43(10,11)12/h14-18,24-28,30-34,36,50H,19-23H2,1-13H3,(H,44,53)(H,45,54)(H,46,52)(H,47,55)(H,48,57)(H,49,51)/t28-,30-,31-,32-,33-,34-,36-/m0/s1. The summed E-state index contributed by atoms with van der Waals surface area (Å²) >= 11 is 0. The number of esters is 1. The maximum Gasteiger partial charge on any atom is 0.408 e. The first kappa shape index (κ1) is 52.3. The van der Waals surface area contributed by atoms with Gasteiger partial charge in [0.15, 0.2) is 0 Å². The molecule has 7 N–H and O–H groups in total. The van der Waals surface area contributed by atoms with Crippen LogP contribution in [-0.2, 0) is 44.7 Å². The Kier molecular flexibility index (Phi) is 22.2. The van der Waals surface area contributed by atoms with E-state index in [0.29, 0.717) is 6.42 Å². The summed E-state index contributed by atoms with van der Waals surface area (Å²) < 4.78 is 10.2. The van der Waals surface area contributed by atoms with Gasteiger partial charge >= 0.3 is 12.1 Å². The highest BCUT2D eigenvalue weighted by Gasteiger charge is 2.34. The lowest BCUT2D eigenvalue weighted by atomic mass is 9.95. The molecule has 0 saturated heterocycles. The van der Waals surface area contributed by atoms with Gasteiger partial charge in [0.25, 0.3) is 0 Å². The molecule has 0 saturated carbocycles. The highest BCUT2D eigenvalue weighted by molar-refractivity contribution is 5.94. The van der Waals surface area contributed by atoms with Gasteiger partial charge in [-0.05, 0) is 76.2 Å². The number of aliphatic hydroxyl groups excluding tert-OH is 1. The Morgan fingerprint density at radius 1 is 0.627 bits per heavy atom. The fourth-order valence-electron chi connectivity index (χ4n) is 6.18. The van der Waals surface area contributed by atoms with Crippen LogP contribution in [0.4, 0.5) is 4.79 Å². The zero-order valence-electron chi connectivity index (χ0n) is 37.4. The van der Waals surface area contributed by atoms with Crippen LogP contribution in [0, 0.1) is 23.7 Å². The summed E-state index contributed by atoms with van der Waals surface area (Å²) in [5.41, 5.74) is -0.0469. The van der Waals surface area contributed by atoms with Crippen LogP contribution in [0.3, 0.4) is 0 Å². The molecule has 16 heteroatoms. The summed E-state index contributed by atoms with van der Waals surface area (Å²) in [6.45, 7) is 21.3. The van der Waals surface area contributed by atoms with Crippen molar-refractivity contribution in [3.05, 3.63) is 35.9 Å². The van der Waals surface area contributed by atoms with Crippen molar-refractivity contribution in [2.24, 2.45) is 23.7 Å². The molecule has 6 amide bonds. The molecule has 7 atom stereocenters. The Balaban J connectivity index is 3.12. The number of methoxy groups -OCH3 is 1. The predicted octanol–water partition coefficient (Wildman–Crippen LogP) is 3.28. The quantitative estimate of drug-likeness (QED) is 0.0796. The largest absolute Gasteiger partial charge is 0.467 e.